The molecule has 0 amide bonds. The fraction of sp³-hybridized carbons (Fsp3) is 0.500. The molecule has 1 unspecified atom stereocenters. The van der Waals surface area contributed by atoms with E-state index in [2.05, 4.69) is 15.9 Å². The second-order valence-electron chi connectivity index (χ2n) is 10.8. The first kappa shape index (κ1) is 24.8. The Morgan fingerprint density at radius 3 is 2.68 bits per heavy atom. The first-order valence-corrected chi connectivity index (χ1v) is 12.8. The molecule has 0 aromatic heterocycles. The zero-order valence-electron chi connectivity index (χ0n) is 22.3. The molecule has 2 aromatic carbocycles. The van der Waals surface area contributed by atoms with Crippen LogP contribution in [-0.2, 0) is 17.6 Å². The average molecular weight is 521 g/mol. The van der Waals surface area contributed by atoms with Crippen molar-refractivity contribution in [1.29, 1.82) is 5.26 Å². The number of nitriles is 1. The van der Waals surface area contributed by atoms with E-state index in [1.165, 1.54) is 6.92 Å². The van der Waals surface area contributed by atoms with Crippen LogP contribution in [0.5, 0.6) is 28.7 Å². The zero-order chi connectivity index (χ0) is 27.1. The minimum absolute atomic E-state index is 0.0556. The Morgan fingerprint density at radius 2 is 2.03 bits per heavy atom. The number of ether oxygens (including phenoxy) is 4. The number of benzene rings is 2. The highest BCUT2D eigenvalue weighted by atomic mass is 16.7. The summed E-state index contributed by atoms with van der Waals surface area (Å²) in [5.41, 5.74) is 10.4. The highest BCUT2D eigenvalue weighted by Gasteiger charge is 2.59. The lowest BCUT2D eigenvalue weighted by Gasteiger charge is -2.57. The largest absolute Gasteiger partial charge is 0.504 e. The molecule has 2 bridgehead atoms. The van der Waals surface area contributed by atoms with Gasteiger partial charge in [0.15, 0.2) is 23.0 Å². The van der Waals surface area contributed by atoms with Crippen LogP contribution in [-0.4, -0.2) is 66.5 Å². The fourth-order valence-corrected chi connectivity index (χ4v) is 7.47. The summed E-state index contributed by atoms with van der Waals surface area (Å²) >= 11 is 0. The monoisotopic (exact) mass is 520 g/mol. The van der Waals surface area contributed by atoms with E-state index < -0.39 is 17.6 Å². The van der Waals surface area contributed by atoms with Gasteiger partial charge in [-0.1, -0.05) is 6.07 Å². The third kappa shape index (κ3) is 3.13. The topological polar surface area (TPSA) is 131 Å². The molecule has 5 heterocycles. The molecule has 0 saturated carbocycles. The molecule has 5 aliphatic rings. The van der Waals surface area contributed by atoms with Gasteiger partial charge in [0.25, 0.3) is 0 Å². The SMILES string of the molecule is COc1c(C)cc2c(c1O)[C@@H]1C3Cc4c(OC(C)=O)c(C)c5c(c4[C@H](CN)N3[C@@](C#N)(C2)CN1C)OCO5. The molecular weight excluding hydrogens is 488 g/mol. The van der Waals surface area contributed by atoms with Gasteiger partial charge >= 0.3 is 5.97 Å². The van der Waals surface area contributed by atoms with Crippen molar-refractivity contribution in [3.8, 4) is 34.8 Å². The minimum Gasteiger partial charge on any atom is -0.504 e. The Labute approximate surface area is 221 Å². The second kappa shape index (κ2) is 8.50. The maximum Gasteiger partial charge on any atom is 0.308 e. The Kier molecular flexibility index (Phi) is 5.54. The number of likely N-dealkylation sites (N-methyl/N-ethyl adjacent to an activating group) is 1. The number of methoxy groups -OCH3 is 1. The minimum atomic E-state index is -0.921. The van der Waals surface area contributed by atoms with Crippen LogP contribution < -0.4 is 24.7 Å². The molecule has 0 spiro atoms. The van der Waals surface area contributed by atoms with Crippen LogP contribution in [0, 0.1) is 25.2 Å². The smallest absolute Gasteiger partial charge is 0.308 e. The highest BCUT2D eigenvalue weighted by Crippen LogP contribution is 2.59. The van der Waals surface area contributed by atoms with E-state index in [1.807, 2.05) is 27.0 Å². The lowest BCUT2D eigenvalue weighted by Crippen LogP contribution is -2.68. The Morgan fingerprint density at radius 1 is 1.29 bits per heavy atom. The first-order chi connectivity index (χ1) is 18.2. The van der Waals surface area contributed by atoms with Gasteiger partial charge in [0, 0.05) is 54.7 Å². The van der Waals surface area contributed by atoms with Crippen molar-refractivity contribution in [2.24, 2.45) is 5.73 Å². The first-order valence-electron chi connectivity index (χ1n) is 12.8. The van der Waals surface area contributed by atoms with Gasteiger partial charge in [-0.05, 0) is 38.4 Å². The zero-order valence-corrected chi connectivity index (χ0v) is 22.3. The Hall–Kier alpha value is -3.52. The number of phenols is 1. The number of hydrogen-bond donors (Lipinski definition) is 2. The highest BCUT2D eigenvalue weighted by molar-refractivity contribution is 5.74. The molecule has 10 heteroatoms. The number of fused-ring (bicyclic) bond motifs is 4. The van der Waals surface area contributed by atoms with Gasteiger partial charge in [0.1, 0.15) is 11.3 Å². The molecule has 200 valence electrons. The van der Waals surface area contributed by atoms with Gasteiger partial charge in [-0.15, -0.1) is 0 Å². The van der Waals surface area contributed by atoms with Crippen molar-refractivity contribution >= 4 is 5.97 Å². The molecule has 3 N–H and O–H groups in total. The Bertz CT molecular complexity index is 1420. The van der Waals surface area contributed by atoms with E-state index in [-0.39, 0.29) is 31.2 Å². The molecule has 1 fully saturated rings. The summed E-state index contributed by atoms with van der Waals surface area (Å²) in [6.45, 7) is 5.86. The lowest BCUT2D eigenvalue weighted by molar-refractivity contribution is -0.132. The van der Waals surface area contributed by atoms with Crippen molar-refractivity contribution in [1.82, 2.24) is 9.80 Å². The molecule has 0 aliphatic carbocycles. The molecule has 4 atom stereocenters. The van der Waals surface area contributed by atoms with E-state index in [9.17, 15) is 15.2 Å². The quantitative estimate of drug-likeness (QED) is 0.460. The summed E-state index contributed by atoms with van der Waals surface area (Å²) in [7, 11) is 3.54. The van der Waals surface area contributed by atoms with Gasteiger partial charge in [-0.3, -0.25) is 14.6 Å². The molecule has 2 aromatic rings. The molecule has 38 heavy (non-hydrogen) atoms. The molecule has 7 rings (SSSR count). The van der Waals surface area contributed by atoms with E-state index in [1.54, 1.807) is 7.11 Å². The average Bonchev–Trinajstić information content (AvgIpc) is 3.28. The second-order valence-corrected chi connectivity index (χ2v) is 10.8. The summed E-state index contributed by atoms with van der Waals surface area (Å²) < 4.78 is 23.2. The van der Waals surface area contributed by atoms with Gasteiger partial charge in [-0.25, -0.2) is 0 Å². The van der Waals surface area contributed by atoms with Crippen molar-refractivity contribution in [3.05, 3.63) is 39.4 Å². The van der Waals surface area contributed by atoms with Crippen molar-refractivity contribution in [3.63, 3.8) is 0 Å². The van der Waals surface area contributed by atoms with Crippen LogP contribution in [0.15, 0.2) is 6.07 Å². The number of nitrogens with zero attached hydrogens (tertiary/aromatic N) is 3. The van der Waals surface area contributed by atoms with Crippen molar-refractivity contribution < 1.29 is 28.8 Å². The van der Waals surface area contributed by atoms with Crippen LogP contribution in [0.25, 0.3) is 0 Å². The number of nitrogens with two attached hydrogens (primary N) is 1. The van der Waals surface area contributed by atoms with E-state index in [4.69, 9.17) is 24.7 Å². The third-order valence-corrected chi connectivity index (χ3v) is 8.65. The number of rotatable bonds is 3. The number of carbonyl (C=O) groups excluding carboxylic acids is 1. The number of phenolic OH excluding ortho intramolecular Hbond substituents is 1. The number of aromatic hydroxyl groups is 1. The van der Waals surface area contributed by atoms with E-state index in [0.717, 1.165) is 27.8 Å². The maximum atomic E-state index is 12.2. The normalized spacial score (nSPS) is 27.1. The van der Waals surface area contributed by atoms with Crippen LogP contribution in [0.2, 0.25) is 0 Å². The van der Waals surface area contributed by atoms with Crippen molar-refractivity contribution in [2.75, 3.05) is 34.0 Å². The fourth-order valence-electron chi connectivity index (χ4n) is 7.47. The summed E-state index contributed by atoms with van der Waals surface area (Å²) in [6.07, 6.45) is 0.877. The van der Waals surface area contributed by atoms with Gasteiger partial charge in [-0.2, -0.15) is 5.26 Å². The predicted octanol–water partition coefficient (Wildman–Crippen LogP) is 2.40. The summed E-state index contributed by atoms with van der Waals surface area (Å²) in [5, 5.41) is 22.3. The molecule has 10 nitrogen and oxygen atoms in total. The standard InChI is InChI=1S/C28H32N4O6/c1-13-6-16-8-28(10-30)11-31(4)22(20(16)23(34)24(13)35-5)18-7-17-21(19(9-29)32(18)28)27-26(36-12-37-27)14(2)25(17)38-15(3)33/h6,18-19,22,34H,7-9,11-12,29H2,1-5H3/t18?,19-,22-,28+/m0/s1. The number of piperazine rings is 1. The van der Waals surface area contributed by atoms with Crippen molar-refractivity contribution in [2.45, 2.75) is 57.3 Å². The number of hydrogen-bond acceptors (Lipinski definition) is 10. The molecule has 5 aliphatic heterocycles. The maximum absolute atomic E-state index is 12.2. The number of esters is 1. The van der Waals surface area contributed by atoms with E-state index in [0.29, 0.717) is 47.9 Å². The Balaban J connectivity index is 1.65. The van der Waals surface area contributed by atoms with Crippen LogP contribution in [0.4, 0.5) is 0 Å². The lowest BCUT2D eigenvalue weighted by atomic mass is 9.76. The van der Waals surface area contributed by atoms with Gasteiger partial charge in [0.05, 0.1) is 25.3 Å². The van der Waals surface area contributed by atoms with E-state index >= 15 is 0 Å². The third-order valence-electron chi connectivity index (χ3n) is 8.65. The summed E-state index contributed by atoms with van der Waals surface area (Å²) in [5.74, 6) is 1.70. The summed E-state index contributed by atoms with van der Waals surface area (Å²) in [6, 6.07) is 3.78. The molecular formula is C28H32N4O6. The van der Waals surface area contributed by atoms with Crippen LogP contribution in [0.3, 0.4) is 0 Å². The number of aryl methyl sites for hydroxylation is 1. The van der Waals surface area contributed by atoms with Gasteiger partial charge < -0.3 is 29.8 Å². The van der Waals surface area contributed by atoms with Crippen LogP contribution >= 0.6 is 0 Å². The summed E-state index contributed by atoms with van der Waals surface area (Å²) in [4.78, 5) is 16.6. The number of carbonyl (C=O) groups is 1. The molecule has 1 saturated heterocycles. The van der Waals surface area contributed by atoms with Gasteiger partial charge in [0.2, 0.25) is 6.79 Å². The molecule has 0 radical (unpaired) electrons. The van der Waals surface area contributed by atoms with Crippen LogP contribution in [0.1, 0.15) is 52.4 Å². The predicted molar refractivity (Wildman–Crippen MR) is 137 cm³/mol.